The van der Waals surface area contributed by atoms with E-state index in [9.17, 15) is 4.39 Å². The summed E-state index contributed by atoms with van der Waals surface area (Å²) in [4.78, 5) is 7.75. The molecule has 0 unspecified atom stereocenters. The predicted octanol–water partition coefficient (Wildman–Crippen LogP) is 3.37. The van der Waals surface area contributed by atoms with Crippen molar-refractivity contribution < 1.29 is 9.13 Å². The second-order valence-electron chi connectivity index (χ2n) is 3.15. The molecule has 0 fully saturated rings. The molecule has 0 radical (unpaired) electrons. The molecule has 0 bridgehead atoms. The number of benzene rings is 1. The average molecular weight is 239 g/mol. The molecule has 16 heavy (non-hydrogen) atoms. The van der Waals surface area contributed by atoms with Crippen molar-refractivity contribution in [3.8, 4) is 11.6 Å². The van der Waals surface area contributed by atoms with E-state index >= 15 is 0 Å². The first-order valence-corrected chi connectivity index (χ1v) is 4.95. The van der Waals surface area contributed by atoms with Crippen LogP contribution in [0, 0.1) is 12.7 Å². The van der Waals surface area contributed by atoms with Crippen LogP contribution in [0.15, 0.2) is 30.6 Å². The summed E-state index contributed by atoms with van der Waals surface area (Å²) in [6, 6.07) is 5.66. The first-order chi connectivity index (χ1) is 7.66. The minimum absolute atomic E-state index is 0.315. The summed E-state index contributed by atoms with van der Waals surface area (Å²) in [5.41, 5.74) is 0.647. The highest BCUT2D eigenvalue weighted by Crippen LogP contribution is 2.25. The molecule has 0 aliphatic carbocycles. The smallest absolute Gasteiger partial charge is 0.226 e. The van der Waals surface area contributed by atoms with Crippen LogP contribution < -0.4 is 4.74 Å². The van der Waals surface area contributed by atoms with Crippen LogP contribution in [0.25, 0.3) is 0 Å². The van der Waals surface area contributed by atoms with Gasteiger partial charge in [-0.15, -0.1) is 0 Å². The molecular formula is C11H8ClFN2O. The van der Waals surface area contributed by atoms with Gasteiger partial charge in [0.15, 0.2) is 0 Å². The van der Waals surface area contributed by atoms with Crippen LogP contribution in [0.3, 0.4) is 0 Å². The van der Waals surface area contributed by atoms with Crippen LogP contribution in [-0.2, 0) is 0 Å². The Balaban J connectivity index is 2.27. The van der Waals surface area contributed by atoms with E-state index in [2.05, 4.69) is 9.97 Å². The Hall–Kier alpha value is -1.68. The maximum absolute atomic E-state index is 12.7. The average Bonchev–Trinajstić information content (AvgIpc) is 2.28. The summed E-state index contributed by atoms with van der Waals surface area (Å²) in [7, 11) is 0. The van der Waals surface area contributed by atoms with E-state index in [4.69, 9.17) is 16.3 Å². The summed E-state index contributed by atoms with van der Waals surface area (Å²) in [6.07, 6.45) is 1.31. The highest BCUT2D eigenvalue weighted by molar-refractivity contribution is 6.30. The molecule has 3 nitrogen and oxygen atoms in total. The van der Waals surface area contributed by atoms with Crippen LogP contribution in [-0.4, -0.2) is 9.97 Å². The van der Waals surface area contributed by atoms with Crippen molar-refractivity contribution in [1.29, 1.82) is 0 Å². The minimum atomic E-state index is -0.315. The number of aromatic nitrogens is 2. The van der Waals surface area contributed by atoms with Gasteiger partial charge in [0.05, 0.1) is 0 Å². The van der Waals surface area contributed by atoms with E-state index in [1.165, 1.54) is 30.6 Å². The molecule has 1 aromatic heterocycles. The first kappa shape index (κ1) is 10.8. The highest BCUT2D eigenvalue weighted by Gasteiger charge is 2.07. The van der Waals surface area contributed by atoms with Crippen molar-refractivity contribution in [3.05, 3.63) is 47.1 Å². The van der Waals surface area contributed by atoms with Gasteiger partial charge in [-0.1, -0.05) is 11.6 Å². The third-order valence-corrected chi connectivity index (χ3v) is 2.39. The van der Waals surface area contributed by atoms with E-state index in [1.54, 1.807) is 6.92 Å². The number of rotatable bonds is 2. The van der Waals surface area contributed by atoms with Crippen molar-refractivity contribution in [1.82, 2.24) is 9.97 Å². The summed E-state index contributed by atoms with van der Waals surface area (Å²) < 4.78 is 18.1. The number of hydrogen-bond donors (Lipinski definition) is 0. The minimum Gasteiger partial charge on any atom is -0.439 e. The van der Waals surface area contributed by atoms with Crippen LogP contribution in [0.4, 0.5) is 4.39 Å². The quantitative estimate of drug-likeness (QED) is 0.753. The van der Waals surface area contributed by atoms with Gasteiger partial charge in [0.2, 0.25) is 5.88 Å². The monoisotopic (exact) mass is 238 g/mol. The summed E-state index contributed by atoms with van der Waals surface area (Å²) in [5, 5.41) is 0.340. The Morgan fingerprint density at radius 2 is 1.88 bits per heavy atom. The zero-order chi connectivity index (χ0) is 11.5. The number of hydrogen-bond acceptors (Lipinski definition) is 3. The molecule has 0 spiro atoms. The van der Waals surface area contributed by atoms with Crippen LogP contribution in [0.5, 0.6) is 11.6 Å². The van der Waals surface area contributed by atoms with Gasteiger partial charge in [-0.3, -0.25) is 0 Å². The van der Waals surface area contributed by atoms with E-state index in [0.717, 1.165) is 0 Å². The molecule has 82 valence electrons. The molecule has 5 heteroatoms. The first-order valence-electron chi connectivity index (χ1n) is 4.57. The molecule has 0 atom stereocenters. The fraction of sp³-hybridized carbons (Fsp3) is 0.0909. The van der Waals surface area contributed by atoms with Gasteiger partial charge in [0.25, 0.3) is 0 Å². The molecule has 0 aliphatic rings. The van der Waals surface area contributed by atoms with Crippen molar-refractivity contribution in [2.75, 3.05) is 0 Å². The van der Waals surface area contributed by atoms with Gasteiger partial charge in [-0.2, -0.15) is 0 Å². The third-order valence-electron chi connectivity index (χ3n) is 2.00. The van der Waals surface area contributed by atoms with Crippen molar-refractivity contribution in [3.63, 3.8) is 0 Å². The Morgan fingerprint density at radius 3 is 2.56 bits per heavy atom. The third kappa shape index (κ3) is 2.28. The lowest BCUT2D eigenvalue weighted by atomic mass is 10.3. The maximum Gasteiger partial charge on any atom is 0.226 e. The molecule has 2 rings (SSSR count). The molecule has 0 saturated carbocycles. The molecule has 0 aliphatic heterocycles. The van der Waals surface area contributed by atoms with E-state index < -0.39 is 0 Å². The summed E-state index contributed by atoms with van der Waals surface area (Å²) >= 11 is 5.81. The van der Waals surface area contributed by atoms with Crippen LogP contribution >= 0.6 is 11.6 Å². The topological polar surface area (TPSA) is 35.0 Å². The largest absolute Gasteiger partial charge is 0.439 e. The SMILES string of the molecule is Cc1c(Cl)ncnc1Oc1ccc(F)cc1. The fourth-order valence-corrected chi connectivity index (χ4v) is 1.26. The molecule has 1 heterocycles. The number of nitrogens with zero attached hydrogens (tertiary/aromatic N) is 2. The van der Waals surface area contributed by atoms with Gasteiger partial charge >= 0.3 is 0 Å². The number of halogens is 2. The normalized spacial score (nSPS) is 10.2. The van der Waals surface area contributed by atoms with Gasteiger partial charge in [0.1, 0.15) is 23.0 Å². The lowest BCUT2D eigenvalue weighted by Gasteiger charge is -2.07. The van der Waals surface area contributed by atoms with Crippen molar-refractivity contribution >= 4 is 11.6 Å². The van der Waals surface area contributed by atoms with Crippen molar-refractivity contribution in [2.45, 2.75) is 6.92 Å². The van der Waals surface area contributed by atoms with Gasteiger partial charge in [-0.05, 0) is 31.2 Å². The van der Waals surface area contributed by atoms with E-state index in [1.807, 2.05) is 0 Å². The van der Waals surface area contributed by atoms with E-state index in [-0.39, 0.29) is 5.82 Å². The summed E-state index contributed by atoms with van der Waals surface area (Å²) in [5.74, 6) is 0.552. The zero-order valence-corrected chi connectivity index (χ0v) is 9.20. The molecular weight excluding hydrogens is 231 g/mol. The van der Waals surface area contributed by atoms with Gasteiger partial charge in [-0.25, -0.2) is 14.4 Å². The lowest BCUT2D eigenvalue weighted by molar-refractivity contribution is 0.456. The fourth-order valence-electron chi connectivity index (χ4n) is 1.13. The lowest BCUT2D eigenvalue weighted by Crippen LogP contribution is -1.93. The Kier molecular flexibility index (Phi) is 3.01. The predicted molar refractivity (Wildman–Crippen MR) is 58.3 cm³/mol. The highest BCUT2D eigenvalue weighted by atomic mass is 35.5. The van der Waals surface area contributed by atoms with Crippen LogP contribution in [0.1, 0.15) is 5.56 Å². The second-order valence-corrected chi connectivity index (χ2v) is 3.51. The standard InChI is InChI=1S/C11H8ClFN2O/c1-7-10(12)14-6-15-11(7)16-9-4-2-8(13)3-5-9/h2-6H,1H3. The van der Waals surface area contributed by atoms with Crippen molar-refractivity contribution in [2.24, 2.45) is 0 Å². The van der Waals surface area contributed by atoms with Crippen LogP contribution in [0.2, 0.25) is 5.15 Å². The summed E-state index contributed by atoms with van der Waals surface area (Å²) in [6.45, 7) is 1.75. The molecule has 2 aromatic rings. The molecule has 0 saturated heterocycles. The Morgan fingerprint density at radius 1 is 1.19 bits per heavy atom. The van der Waals surface area contributed by atoms with Gasteiger partial charge in [0, 0.05) is 5.56 Å². The Labute approximate surface area is 96.9 Å². The molecule has 1 aromatic carbocycles. The molecule has 0 amide bonds. The number of ether oxygens (including phenoxy) is 1. The van der Waals surface area contributed by atoms with Gasteiger partial charge < -0.3 is 4.74 Å². The Bertz CT molecular complexity index is 502. The zero-order valence-electron chi connectivity index (χ0n) is 8.45. The maximum atomic E-state index is 12.7. The molecule has 0 N–H and O–H groups in total. The second kappa shape index (κ2) is 4.45. The van der Waals surface area contributed by atoms with E-state index in [0.29, 0.717) is 22.3 Å².